The van der Waals surface area contributed by atoms with Crippen molar-refractivity contribution >= 4 is 33.9 Å². The first-order valence-electron chi connectivity index (χ1n) is 11.3. The first-order valence-corrected chi connectivity index (χ1v) is 12.1. The molecule has 7 heteroatoms. The van der Waals surface area contributed by atoms with Gasteiger partial charge in [0, 0.05) is 23.6 Å². The van der Waals surface area contributed by atoms with Crippen molar-refractivity contribution in [3.8, 4) is 5.75 Å². The molecule has 2 aromatic carbocycles. The largest absolute Gasteiger partial charge is 0.507 e. The number of Topliss-reactive ketones (excluding diaryl/α,β-unsaturated/α-hetero) is 1. The maximum Gasteiger partial charge on any atom is 0.301 e. The molecule has 2 atom stereocenters. The van der Waals surface area contributed by atoms with Crippen molar-refractivity contribution < 1.29 is 19.4 Å². The quantitative estimate of drug-likeness (QED) is 0.313. The van der Waals surface area contributed by atoms with Gasteiger partial charge in [-0.15, -0.1) is 11.3 Å². The van der Waals surface area contributed by atoms with Gasteiger partial charge in [0.05, 0.1) is 11.6 Å². The van der Waals surface area contributed by atoms with Gasteiger partial charge >= 0.3 is 5.91 Å². The number of carbonyl (C=O) groups is 2. The Kier molecular flexibility index (Phi) is 5.32. The molecule has 1 saturated heterocycles. The second kappa shape index (κ2) is 8.09. The van der Waals surface area contributed by atoms with Crippen LogP contribution in [-0.4, -0.2) is 27.9 Å². The number of hydrogen-bond acceptors (Lipinski definition) is 6. The number of anilines is 1. The van der Waals surface area contributed by atoms with Crippen molar-refractivity contribution in [3.63, 3.8) is 0 Å². The molecule has 2 aliphatic heterocycles. The van der Waals surface area contributed by atoms with Crippen LogP contribution in [-0.2, 0) is 21.4 Å². The van der Waals surface area contributed by atoms with Gasteiger partial charge in [0.1, 0.15) is 17.6 Å². The van der Waals surface area contributed by atoms with Gasteiger partial charge in [0.15, 0.2) is 5.13 Å². The first-order chi connectivity index (χ1) is 16.1. The molecule has 0 bridgehead atoms. The summed E-state index contributed by atoms with van der Waals surface area (Å²) in [4.78, 5) is 32.1. The number of ketones is 1. The van der Waals surface area contributed by atoms with E-state index < -0.39 is 17.7 Å². The van der Waals surface area contributed by atoms with Crippen molar-refractivity contribution in [3.05, 3.63) is 81.9 Å². The fraction of sp³-hybridized carbons (Fsp3) is 0.296. The fourth-order valence-electron chi connectivity index (χ4n) is 4.57. The molecule has 2 aliphatic rings. The Bertz CT molecular complexity index is 1300. The fourth-order valence-corrected chi connectivity index (χ4v) is 5.24. The van der Waals surface area contributed by atoms with Crippen LogP contribution in [0, 0.1) is 0 Å². The summed E-state index contributed by atoms with van der Waals surface area (Å²) in [5.41, 5.74) is 3.36. The normalized spacial score (nSPS) is 21.6. The molecule has 0 saturated carbocycles. The van der Waals surface area contributed by atoms with E-state index in [1.165, 1.54) is 16.2 Å². The second-order valence-corrected chi connectivity index (χ2v) is 10.7. The monoisotopic (exact) mass is 474 g/mol. The van der Waals surface area contributed by atoms with Crippen LogP contribution in [0.15, 0.2) is 59.6 Å². The van der Waals surface area contributed by atoms with Gasteiger partial charge in [-0.1, -0.05) is 45.0 Å². The lowest BCUT2D eigenvalue weighted by molar-refractivity contribution is -0.132. The first kappa shape index (κ1) is 22.3. The summed E-state index contributed by atoms with van der Waals surface area (Å²) in [5.74, 6) is -0.825. The van der Waals surface area contributed by atoms with Gasteiger partial charge in [-0.25, -0.2) is 4.98 Å². The van der Waals surface area contributed by atoms with Gasteiger partial charge in [-0.3, -0.25) is 14.5 Å². The summed E-state index contributed by atoms with van der Waals surface area (Å²) in [6.45, 7) is 8.37. The highest BCUT2D eigenvalue weighted by Gasteiger charge is 2.48. The van der Waals surface area contributed by atoms with E-state index in [0.29, 0.717) is 10.7 Å². The zero-order valence-electron chi connectivity index (χ0n) is 19.5. The number of thiazole rings is 1. The number of amides is 1. The van der Waals surface area contributed by atoms with Gasteiger partial charge in [-0.05, 0) is 47.2 Å². The summed E-state index contributed by atoms with van der Waals surface area (Å²) >= 11 is 1.28. The Morgan fingerprint density at radius 2 is 1.88 bits per heavy atom. The summed E-state index contributed by atoms with van der Waals surface area (Å²) in [6, 6.07) is 12.4. The smallest absolute Gasteiger partial charge is 0.301 e. The van der Waals surface area contributed by atoms with Crippen LogP contribution in [0.25, 0.3) is 5.76 Å². The van der Waals surface area contributed by atoms with Gasteiger partial charge in [0.25, 0.3) is 5.78 Å². The number of benzene rings is 2. The van der Waals surface area contributed by atoms with Crippen LogP contribution < -0.4 is 9.64 Å². The van der Waals surface area contributed by atoms with E-state index in [1.807, 2.05) is 37.3 Å². The molecule has 3 aromatic rings. The van der Waals surface area contributed by atoms with E-state index in [1.54, 1.807) is 23.7 Å². The van der Waals surface area contributed by atoms with E-state index >= 15 is 0 Å². The standard InChI is InChI=1S/C27H26N2O4S/c1-15-13-18-14-17(7-10-20(18)33-15)23(30)21-22(16-5-8-19(9-6-16)27(2,3)4)29(25(32)24(21)31)26-28-11-12-34-26/h5-12,14-15,22,30H,13H2,1-4H3/b23-21-. The number of ether oxygens (including phenoxy) is 1. The third kappa shape index (κ3) is 3.70. The van der Waals surface area contributed by atoms with Crippen LogP contribution in [0.2, 0.25) is 0 Å². The average molecular weight is 475 g/mol. The van der Waals surface area contributed by atoms with Crippen molar-refractivity contribution in [2.24, 2.45) is 0 Å². The Morgan fingerprint density at radius 1 is 1.15 bits per heavy atom. The van der Waals surface area contributed by atoms with Crippen LogP contribution in [0.5, 0.6) is 5.75 Å². The van der Waals surface area contributed by atoms with E-state index in [0.717, 1.165) is 28.9 Å². The van der Waals surface area contributed by atoms with Gasteiger partial charge in [-0.2, -0.15) is 0 Å². The lowest BCUT2D eigenvalue weighted by Crippen LogP contribution is -2.29. The molecule has 0 aliphatic carbocycles. The molecule has 174 valence electrons. The maximum absolute atomic E-state index is 13.3. The Balaban J connectivity index is 1.66. The molecule has 1 amide bonds. The molecule has 34 heavy (non-hydrogen) atoms. The van der Waals surface area contributed by atoms with Gasteiger partial charge < -0.3 is 9.84 Å². The molecular weight excluding hydrogens is 448 g/mol. The predicted octanol–water partition coefficient (Wildman–Crippen LogP) is 5.39. The SMILES string of the molecule is CC1Cc2cc(/C(O)=C3/C(=O)C(=O)N(c4nccs4)C3c3ccc(C(C)(C)C)cc3)ccc2O1. The Labute approximate surface area is 202 Å². The zero-order valence-corrected chi connectivity index (χ0v) is 20.3. The number of rotatable bonds is 3. The second-order valence-electron chi connectivity index (χ2n) is 9.81. The summed E-state index contributed by atoms with van der Waals surface area (Å²) < 4.78 is 5.77. The highest BCUT2D eigenvalue weighted by atomic mass is 32.1. The van der Waals surface area contributed by atoms with Crippen molar-refractivity contribution in [1.29, 1.82) is 0 Å². The summed E-state index contributed by atoms with van der Waals surface area (Å²) in [7, 11) is 0. The Hall–Kier alpha value is -3.45. The minimum atomic E-state index is -0.774. The zero-order chi connectivity index (χ0) is 24.2. The lowest BCUT2D eigenvalue weighted by Gasteiger charge is -2.24. The highest BCUT2D eigenvalue weighted by Crippen LogP contribution is 2.43. The molecule has 3 heterocycles. The Morgan fingerprint density at radius 3 is 2.53 bits per heavy atom. The molecule has 2 unspecified atom stereocenters. The molecular formula is C27H26N2O4S. The van der Waals surface area contributed by atoms with Crippen LogP contribution in [0.4, 0.5) is 5.13 Å². The highest BCUT2D eigenvalue weighted by molar-refractivity contribution is 7.14. The average Bonchev–Trinajstić information content (AvgIpc) is 3.50. The van der Waals surface area contributed by atoms with Crippen LogP contribution in [0.1, 0.15) is 56.0 Å². The number of carbonyl (C=O) groups excluding carboxylic acids is 2. The number of aromatic nitrogens is 1. The summed E-state index contributed by atoms with van der Waals surface area (Å²) in [5, 5.41) is 13.5. The minimum Gasteiger partial charge on any atom is -0.507 e. The maximum atomic E-state index is 13.3. The third-order valence-electron chi connectivity index (χ3n) is 6.33. The molecule has 1 aromatic heterocycles. The topological polar surface area (TPSA) is 79.7 Å². The third-order valence-corrected chi connectivity index (χ3v) is 7.10. The lowest BCUT2D eigenvalue weighted by atomic mass is 9.85. The molecule has 0 radical (unpaired) electrons. The molecule has 6 nitrogen and oxygen atoms in total. The van der Waals surface area contributed by atoms with E-state index in [-0.39, 0.29) is 22.9 Å². The van der Waals surface area contributed by atoms with Crippen molar-refractivity contribution in [1.82, 2.24) is 4.98 Å². The molecule has 5 rings (SSSR count). The van der Waals surface area contributed by atoms with Gasteiger partial charge in [0.2, 0.25) is 0 Å². The molecule has 1 N–H and O–H groups in total. The van der Waals surface area contributed by atoms with Crippen LogP contribution >= 0.6 is 11.3 Å². The number of aliphatic hydroxyl groups is 1. The van der Waals surface area contributed by atoms with Crippen molar-refractivity contribution in [2.75, 3.05) is 4.90 Å². The summed E-state index contributed by atoms with van der Waals surface area (Å²) in [6.07, 6.45) is 2.38. The van der Waals surface area contributed by atoms with E-state index in [2.05, 4.69) is 25.8 Å². The molecule has 1 fully saturated rings. The number of nitrogens with zero attached hydrogens (tertiary/aromatic N) is 2. The minimum absolute atomic E-state index is 0.0424. The number of aliphatic hydroxyl groups excluding tert-OH is 1. The van der Waals surface area contributed by atoms with E-state index in [4.69, 9.17) is 4.74 Å². The van der Waals surface area contributed by atoms with Crippen molar-refractivity contribution in [2.45, 2.75) is 51.7 Å². The van der Waals surface area contributed by atoms with Crippen LogP contribution in [0.3, 0.4) is 0 Å². The number of hydrogen-bond donors (Lipinski definition) is 1. The molecule has 0 spiro atoms. The number of fused-ring (bicyclic) bond motifs is 1. The van der Waals surface area contributed by atoms with E-state index in [9.17, 15) is 14.7 Å². The predicted molar refractivity (Wildman–Crippen MR) is 132 cm³/mol.